The van der Waals surface area contributed by atoms with Crippen molar-refractivity contribution in [2.75, 3.05) is 12.8 Å². The zero-order valence-electron chi connectivity index (χ0n) is 11.9. The molecule has 0 saturated heterocycles. The first-order valence-electron chi connectivity index (χ1n) is 6.26. The average Bonchev–Trinajstić information content (AvgIpc) is 2.81. The van der Waals surface area contributed by atoms with E-state index in [1.54, 1.807) is 22.8 Å². The molecule has 0 aliphatic heterocycles. The summed E-state index contributed by atoms with van der Waals surface area (Å²) < 4.78 is 6.22. The molecule has 1 aromatic heterocycles. The second-order valence-electron chi connectivity index (χ2n) is 4.62. The van der Waals surface area contributed by atoms with Crippen LogP contribution in [0.2, 0.25) is 0 Å². The number of H-pyrrole nitrogens is 1. The van der Waals surface area contributed by atoms with Crippen molar-refractivity contribution in [3.05, 3.63) is 34.2 Å². The highest BCUT2D eigenvalue weighted by Crippen LogP contribution is 2.29. The number of benzene rings is 1. The van der Waals surface area contributed by atoms with Gasteiger partial charge in [0.15, 0.2) is 5.16 Å². The second kappa shape index (κ2) is 6.04. The Hall–Kier alpha value is -2.22. The summed E-state index contributed by atoms with van der Waals surface area (Å²) in [5.41, 5.74) is 6.12. The molecule has 3 N–H and O–H groups in total. The van der Waals surface area contributed by atoms with Crippen LogP contribution in [0, 0.1) is 0 Å². The SMILES string of the molecule is COC(=O)c1cc(Sc2n[nH]c(=O)n2C(C)C)ccc1N. The van der Waals surface area contributed by atoms with Crippen LogP contribution in [0.25, 0.3) is 0 Å². The summed E-state index contributed by atoms with van der Waals surface area (Å²) in [6.45, 7) is 3.79. The molecule has 0 bridgehead atoms. The number of rotatable bonds is 4. The molecule has 8 heteroatoms. The highest BCUT2D eigenvalue weighted by atomic mass is 32.2. The van der Waals surface area contributed by atoms with Crippen LogP contribution in [0.3, 0.4) is 0 Å². The maximum atomic E-state index is 11.7. The van der Waals surface area contributed by atoms with Gasteiger partial charge in [-0.3, -0.25) is 4.57 Å². The molecule has 1 aromatic carbocycles. The molecule has 7 nitrogen and oxygen atoms in total. The predicted octanol–water partition coefficient (Wildman–Crippen LogP) is 1.67. The monoisotopic (exact) mass is 308 g/mol. The normalized spacial score (nSPS) is 10.9. The fourth-order valence-corrected chi connectivity index (χ4v) is 2.82. The predicted molar refractivity (Wildman–Crippen MR) is 79.5 cm³/mol. The number of nitrogens with two attached hydrogens (primary N) is 1. The molecule has 0 radical (unpaired) electrons. The Bertz CT molecular complexity index is 720. The third kappa shape index (κ3) is 3.10. The standard InChI is InChI=1S/C13H16N4O3S/c1-7(2)17-12(19)15-16-13(17)21-8-4-5-10(14)9(6-8)11(18)20-3/h4-7H,14H2,1-3H3,(H,15,19). The van der Waals surface area contributed by atoms with Crippen LogP contribution in [-0.2, 0) is 4.74 Å². The minimum absolute atomic E-state index is 0.0207. The zero-order chi connectivity index (χ0) is 15.6. The molecule has 112 valence electrons. The molecule has 2 aromatic rings. The molecule has 2 rings (SSSR count). The number of carbonyl (C=O) groups is 1. The Morgan fingerprint density at radius 3 is 2.81 bits per heavy atom. The van der Waals surface area contributed by atoms with Crippen molar-refractivity contribution >= 4 is 23.4 Å². The zero-order valence-corrected chi connectivity index (χ0v) is 12.7. The van der Waals surface area contributed by atoms with Gasteiger partial charge in [-0.05, 0) is 43.8 Å². The third-order valence-electron chi connectivity index (χ3n) is 2.83. The summed E-state index contributed by atoms with van der Waals surface area (Å²) in [7, 11) is 1.30. The van der Waals surface area contributed by atoms with Crippen LogP contribution in [-0.4, -0.2) is 27.8 Å². The van der Waals surface area contributed by atoms with E-state index in [0.29, 0.717) is 10.8 Å². The molecule has 21 heavy (non-hydrogen) atoms. The van der Waals surface area contributed by atoms with Crippen molar-refractivity contribution in [3.8, 4) is 0 Å². The fraction of sp³-hybridized carbons (Fsp3) is 0.308. The lowest BCUT2D eigenvalue weighted by atomic mass is 10.2. The first-order valence-corrected chi connectivity index (χ1v) is 7.08. The Balaban J connectivity index is 2.37. The number of anilines is 1. The molecule has 0 fully saturated rings. The number of esters is 1. The molecule has 0 spiro atoms. The average molecular weight is 308 g/mol. The van der Waals surface area contributed by atoms with Gasteiger partial charge in [0.1, 0.15) is 0 Å². The van der Waals surface area contributed by atoms with Crippen molar-refractivity contribution in [2.45, 2.75) is 29.9 Å². The Morgan fingerprint density at radius 1 is 1.48 bits per heavy atom. The molecule has 0 atom stereocenters. The number of aromatic nitrogens is 3. The molecule has 0 unspecified atom stereocenters. The van der Waals surface area contributed by atoms with E-state index in [4.69, 9.17) is 5.73 Å². The van der Waals surface area contributed by atoms with Crippen LogP contribution >= 0.6 is 11.8 Å². The quantitative estimate of drug-likeness (QED) is 0.658. The number of nitrogens with one attached hydrogen (secondary N) is 1. The third-order valence-corrected chi connectivity index (χ3v) is 3.79. The number of aromatic amines is 1. The highest BCUT2D eigenvalue weighted by Gasteiger charge is 2.15. The minimum Gasteiger partial charge on any atom is -0.465 e. The Morgan fingerprint density at radius 2 is 2.19 bits per heavy atom. The first-order chi connectivity index (χ1) is 9.93. The molecule has 1 heterocycles. The molecule has 0 aliphatic carbocycles. The summed E-state index contributed by atoms with van der Waals surface area (Å²) >= 11 is 1.27. The number of hydrogen-bond donors (Lipinski definition) is 2. The van der Waals surface area contributed by atoms with Gasteiger partial charge >= 0.3 is 11.7 Å². The Kier molecular flexibility index (Phi) is 4.37. The van der Waals surface area contributed by atoms with Crippen LogP contribution in [0.1, 0.15) is 30.2 Å². The van der Waals surface area contributed by atoms with E-state index in [1.165, 1.54) is 18.9 Å². The van der Waals surface area contributed by atoms with Gasteiger partial charge in [-0.1, -0.05) is 0 Å². The Labute approximate surface area is 125 Å². The maximum absolute atomic E-state index is 11.7. The van der Waals surface area contributed by atoms with Crippen LogP contribution in [0.5, 0.6) is 0 Å². The largest absolute Gasteiger partial charge is 0.465 e. The van der Waals surface area contributed by atoms with Gasteiger partial charge in [0, 0.05) is 16.6 Å². The number of hydrogen-bond acceptors (Lipinski definition) is 6. The molecule has 0 saturated carbocycles. The number of ether oxygens (including phenoxy) is 1. The van der Waals surface area contributed by atoms with Crippen LogP contribution < -0.4 is 11.4 Å². The molecular formula is C13H16N4O3S. The number of carbonyl (C=O) groups excluding carboxylic acids is 1. The van der Waals surface area contributed by atoms with Crippen molar-refractivity contribution in [1.29, 1.82) is 0 Å². The van der Waals surface area contributed by atoms with Crippen LogP contribution in [0.4, 0.5) is 5.69 Å². The summed E-state index contributed by atoms with van der Waals surface area (Å²) in [6.07, 6.45) is 0. The van der Waals surface area contributed by atoms with Crippen molar-refractivity contribution in [2.24, 2.45) is 0 Å². The van der Waals surface area contributed by atoms with Gasteiger partial charge < -0.3 is 10.5 Å². The lowest BCUT2D eigenvalue weighted by molar-refractivity contribution is 0.0601. The fourth-order valence-electron chi connectivity index (χ4n) is 1.81. The number of nitrogens with zero attached hydrogens (tertiary/aromatic N) is 2. The van der Waals surface area contributed by atoms with Crippen molar-refractivity contribution in [3.63, 3.8) is 0 Å². The molecule has 0 aliphatic rings. The van der Waals surface area contributed by atoms with E-state index in [2.05, 4.69) is 14.9 Å². The smallest absolute Gasteiger partial charge is 0.344 e. The van der Waals surface area contributed by atoms with E-state index in [9.17, 15) is 9.59 Å². The van der Waals surface area contributed by atoms with Gasteiger partial charge in [-0.15, -0.1) is 5.10 Å². The second-order valence-corrected chi connectivity index (χ2v) is 5.66. The van der Waals surface area contributed by atoms with E-state index in [0.717, 1.165) is 4.90 Å². The minimum atomic E-state index is -0.502. The lowest BCUT2D eigenvalue weighted by Crippen LogP contribution is -2.19. The maximum Gasteiger partial charge on any atom is 0.344 e. The number of nitrogen functional groups attached to an aromatic ring is 1. The molecular weight excluding hydrogens is 292 g/mol. The molecule has 0 amide bonds. The summed E-state index contributed by atoms with van der Waals surface area (Å²) in [5, 5.41) is 6.93. The van der Waals surface area contributed by atoms with Crippen LogP contribution in [0.15, 0.2) is 33.0 Å². The van der Waals surface area contributed by atoms with Crippen molar-refractivity contribution < 1.29 is 9.53 Å². The van der Waals surface area contributed by atoms with Gasteiger partial charge in [0.2, 0.25) is 0 Å². The van der Waals surface area contributed by atoms with E-state index < -0.39 is 5.97 Å². The topological polar surface area (TPSA) is 103 Å². The lowest BCUT2D eigenvalue weighted by Gasteiger charge is -2.09. The summed E-state index contributed by atoms with van der Waals surface area (Å²) in [6, 6.07) is 4.98. The van der Waals surface area contributed by atoms with Gasteiger partial charge in [-0.2, -0.15) is 0 Å². The van der Waals surface area contributed by atoms with E-state index >= 15 is 0 Å². The van der Waals surface area contributed by atoms with Gasteiger partial charge in [0.25, 0.3) is 0 Å². The first kappa shape index (κ1) is 15.2. The summed E-state index contributed by atoms with van der Waals surface area (Å²) in [4.78, 5) is 24.1. The summed E-state index contributed by atoms with van der Waals surface area (Å²) in [5.74, 6) is -0.502. The number of methoxy groups -OCH3 is 1. The van der Waals surface area contributed by atoms with E-state index in [1.807, 2.05) is 13.8 Å². The highest BCUT2D eigenvalue weighted by molar-refractivity contribution is 7.99. The van der Waals surface area contributed by atoms with E-state index in [-0.39, 0.29) is 17.3 Å². The van der Waals surface area contributed by atoms with Gasteiger partial charge in [-0.25, -0.2) is 14.7 Å². The van der Waals surface area contributed by atoms with Gasteiger partial charge in [0.05, 0.1) is 12.7 Å². The van der Waals surface area contributed by atoms with Crippen molar-refractivity contribution in [1.82, 2.24) is 14.8 Å².